The lowest BCUT2D eigenvalue weighted by molar-refractivity contribution is 0.0697. The van der Waals surface area contributed by atoms with Gasteiger partial charge < -0.3 is 10.0 Å². The first-order valence-electron chi connectivity index (χ1n) is 5.38. The molecule has 0 aromatic heterocycles. The van der Waals surface area contributed by atoms with Crippen molar-refractivity contribution in [1.82, 2.24) is 0 Å². The van der Waals surface area contributed by atoms with E-state index in [0.717, 1.165) is 25.2 Å². The molecule has 0 spiro atoms. The van der Waals surface area contributed by atoms with E-state index in [-0.39, 0.29) is 5.56 Å². The Labute approximate surface area is 101 Å². The maximum atomic E-state index is 11.1. The smallest absolute Gasteiger partial charge is 0.337 e. The van der Waals surface area contributed by atoms with Crippen LogP contribution >= 0.6 is 11.6 Å². The number of hydrogen-bond acceptors (Lipinski definition) is 2. The summed E-state index contributed by atoms with van der Waals surface area (Å²) in [5, 5.41) is 9.57. The van der Waals surface area contributed by atoms with Crippen molar-refractivity contribution < 1.29 is 9.90 Å². The van der Waals surface area contributed by atoms with E-state index in [4.69, 9.17) is 16.7 Å². The van der Waals surface area contributed by atoms with Crippen LogP contribution in [-0.4, -0.2) is 24.2 Å². The Morgan fingerprint density at radius 2 is 2.12 bits per heavy atom. The third kappa shape index (κ3) is 2.89. The molecule has 0 bridgehead atoms. The summed E-state index contributed by atoms with van der Waals surface area (Å²) >= 11 is 5.80. The molecule has 0 heterocycles. The predicted molar refractivity (Wildman–Crippen MR) is 66.6 cm³/mol. The summed E-state index contributed by atoms with van der Waals surface area (Å²) in [5.41, 5.74) is 1.00. The second kappa shape index (κ2) is 5.75. The third-order valence-electron chi connectivity index (χ3n) is 2.40. The first kappa shape index (κ1) is 12.8. The number of benzene rings is 1. The SMILES string of the molecule is CCCN(CC)c1ccc(Cl)cc1C(=O)O. The highest BCUT2D eigenvalue weighted by Gasteiger charge is 2.14. The van der Waals surface area contributed by atoms with Gasteiger partial charge in [0.1, 0.15) is 0 Å². The van der Waals surface area contributed by atoms with Gasteiger partial charge in [-0.25, -0.2) is 4.79 Å². The van der Waals surface area contributed by atoms with Crippen LogP contribution in [0, 0.1) is 0 Å². The summed E-state index contributed by atoms with van der Waals surface area (Å²) in [6.45, 7) is 5.71. The molecule has 1 aromatic rings. The number of carboxylic acid groups (broad SMARTS) is 1. The molecule has 0 saturated carbocycles. The van der Waals surface area contributed by atoms with Crippen LogP contribution in [0.25, 0.3) is 0 Å². The van der Waals surface area contributed by atoms with E-state index >= 15 is 0 Å². The molecule has 0 saturated heterocycles. The fourth-order valence-corrected chi connectivity index (χ4v) is 1.85. The molecule has 0 aliphatic rings. The molecule has 0 fully saturated rings. The predicted octanol–water partition coefficient (Wildman–Crippen LogP) is 3.27. The van der Waals surface area contributed by atoms with Gasteiger partial charge in [-0.05, 0) is 31.5 Å². The molecule has 1 aromatic carbocycles. The summed E-state index contributed by atoms with van der Waals surface area (Å²) in [6.07, 6.45) is 0.982. The van der Waals surface area contributed by atoms with Gasteiger partial charge >= 0.3 is 5.97 Å². The average molecular weight is 242 g/mol. The Morgan fingerprint density at radius 3 is 2.62 bits per heavy atom. The monoisotopic (exact) mass is 241 g/mol. The highest BCUT2D eigenvalue weighted by atomic mass is 35.5. The van der Waals surface area contributed by atoms with Crippen molar-refractivity contribution >= 4 is 23.3 Å². The molecular formula is C12H16ClNO2. The number of rotatable bonds is 5. The van der Waals surface area contributed by atoms with E-state index in [9.17, 15) is 4.79 Å². The van der Waals surface area contributed by atoms with Crippen LogP contribution in [0.5, 0.6) is 0 Å². The lowest BCUT2D eigenvalue weighted by Crippen LogP contribution is -2.25. The van der Waals surface area contributed by atoms with Crippen molar-refractivity contribution in [3.05, 3.63) is 28.8 Å². The maximum Gasteiger partial charge on any atom is 0.337 e. The van der Waals surface area contributed by atoms with Crippen LogP contribution in [0.3, 0.4) is 0 Å². The second-order valence-electron chi connectivity index (χ2n) is 3.55. The van der Waals surface area contributed by atoms with Crippen LogP contribution < -0.4 is 4.90 Å². The molecule has 0 aliphatic carbocycles. The zero-order valence-electron chi connectivity index (χ0n) is 9.53. The lowest BCUT2D eigenvalue weighted by Gasteiger charge is -2.24. The van der Waals surface area contributed by atoms with Crippen molar-refractivity contribution in [3.8, 4) is 0 Å². The fraction of sp³-hybridized carbons (Fsp3) is 0.417. The summed E-state index contributed by atoms with van der Waals surface area (Å²) < 4.78 is 0. The molecule has 4 heteroatoms. The average Bonchev–Trinajstić information content (AvgIpc) is 2.26. The molecule has 3 nitrogen and oxygen atoms in total. The summed E-state index contributed by atoms with van der Waals surface area (Å²) in [5.74, 6) is -0.938. The molecule has 0 atom stereocenters. The van der Waals surface area contributed by atoms with Gasteiger partial charge in [0, 0.05) is 18.1 Å². The number of hydrogen-bond donors (Lipinski definition) is 1. The molecule has 0 radical (unpaired) electrons. The van der Waals surface area contributed by atoms with Crippen molar-refractivity contribution in [2.75, 3.05) is 18.0 Å². The Hall–Kier alpha value is -1.22. The van der Waals surface area contributed by atoms with Crippen LogP contribution in [0.1, 0.15) is 30.6 Å². The summed E-state index contributed by atoms with van der Waals surface area (Å²) in [4.78, 5) is 13.2. The normalized spacial score (nSPS) is 10.2. The standard InChI is InChI=1S/C12H16ClNO2/c1-3-7-14(4-2)11-6-5-9(13)8-10(11)12(15)16/h5-6,8H,3-4,7H2,1-2H3,(H,15,16). The van der Waals surface area contributed by atoms with E-state index in [1.807, 2.05) is 11.8 Å². The minimum atomic E-state index is -0.938. The molecule has 0 unspecified atom stereocenters. The number of anilines is 1. The van der Waals surface area contributed by atoms with Crippen LogP contribution in [0.2, 0.25) is 5.02 Å². The zero-order valence-corrected chi connectivity index (χ0v) is 10.3. The van der Waals surface area contributed by atoms with Crippen molar-refractivity contribution in [2.24, 2.45) is 0 Å². The minimum Gasteiger partial charge on any atom is -0.478 e. The highest BCUT2D eigenvalue weighted by Crippen LogP contribution is 2.24. The van der Waals surface area contributed by atoms with Gasteiger partial charge in [-0.15, -0.1) is 0 Å². The van der Waals surface area contributed by atoms with Crippen molar-refractivity contribution in [1.29, 1.82) is 0 Å². The van der Waals surface area contributed by atoms with E-state index in [1.165, 1.54) is 6.07 Å². The number of halogens is 1. The van der Waals surface area contributed by atoms with Gasteiger partial charge in [-0.1, -0.05) is 18.5 Å². The van der Waals surface area contributed by atoms with Crippen molar-refractivity contribution in [3.63, 3.8) is 0 Å². The number of carbonyl (C=O) groups is 1. The van der Waals surface area contributed by atoms with Crippen molar-refractivity contribution in [2.45, 2.75) is 20.3 Å². The Balaban J connectivity index is 3.14. The fourth-order valence-electron chi connectivity index (χ4n) is 1.67. The molecule has 88 valence electrons. The van der Waals surface area contributed by atoms with Gasteiger partial charge in [0.25, 0.3) is 0 Å². The highest BCUT2D eigenvalue weighted by molar-refractivity contribution is 6.31. The summed E-state index contributed by atoms with van der Waals surface area (Å²) in [7, 11) is 0. The number of carboxylic acids is 1. The largest absolute Gasteiger partial charge is 0.478 e. The quantitative estimate of drug-likeness (QED) is 0.860. The summed E-state index contributed by atoms with van der Waals surface area (Å²) in [6, 6.07) is 4.99. The van der Waals surface area contributed by atoms with Gasteiger partial charge in [0.15, 0.2) is 0 Å². The van der Waals surface area contributed by atoms with Crippen LogP contribution in [0.4, 0.5) is 5.69 Å². The van der Waals surface area contributed by atoms with E-state index < -0.39 is 5.97 Å². The third-order valence-corrected chi connectivity index (χ3v) is 2.64. The number of aromatic carboxylic acids is 1. The van der Waals surface area contributed by atoms with Gasteiger partial charge in [-0.3, -0.25) is 0 Å². The Morgan fingerprint density at radius 1 is 1.44 bits per heavy atom. The van der Waals surface area contributed by atoms with Crippen LogP contribution in [0.15, 0.2) is 18.2 Å². The zero-order chi connectivity index (χ0) is 12.1. The molecule has 0 aliphatic heterocycles. The van der Waals surface area contributed by atoms with Gasteiger partial charge in [0.05, 0.1) is 11.3 Å². The van der Waals surface area contributed by atoms with Gasteiger partial charge in [0.2, 0.25) is 0 Å². The minimum absolute atomic E-state index is 0.266. The second-order valence-corrected chi connectivity index (χ2v) is 3.98. The first-order valence-corrected chi connectivity index (χ1v) is 5.75. The Kier molecular flexibility index (Phi) is 4.62. The van der Waals surface area contributed by atoms with E-state index in [1.54, 1.807) is 12.1 Å². The number of nitrogens with zero attached hydrogens (tertiary/aromatic N) is 1. The topological polar surface area (TPSA) is 40.5 Å². The van der Waals surface area contributed by atoms with Crippen LogP contribution in [-0.2, 0) is 0 Å². The van der Waals surface area contributed by atoms with E-state index in [0.29, 0.717) is 5.02 Å². The molecule has 1 rings (SSSR count). The first-order chi connectivity index (χ1) is 7.60. The molecular weight excluding hydrogens is 226 g/mol. The van der Waals surface area contributed by atoms with Gasteiger partial charge in [-0.2, -0.15) is 0 Å². The Bertz CT molecular complexity index is 379. The maximum absolute atomic E-state index is 11.1. The van der Waals surface area contributed by atoms with E-state index in [2.05, 4.69) is 6.92 Å². The lowest BCUT2D eigenvalue weighted by atomic mass is 10.1. The molecule has 1 N–H and O–H groups in total. The molecule has 0 amide bonds. The molecule has 16 heavy (non-hydrogen) atoms.